The molecule has 0 saturated carbocycles. The van der Waals surface area contributed by atoms with Gasteiger partial charge in [-0.25, -0.2) is 0 Å². The van der Waals surface area contributed by atoms with Crippen molar-refractivity contribution in [2.75, 3.05) is 11.5 Å². The molecular weight excluding hydrogens is 276 g/mol. The summed E-state index contributed by atoms with van der Waals surface area (Å²) in [4.78, 5) is 20.2. The first-order valence-corrected chi connectivity index (χ1v) is 7.93. The number of thioether (sulfide) groups is 1. The molecular formula is C15H26O4S. The fraction of sp³-hybridized carbons (Fsp3) is 0.600. The van der Waals surface area contributed by atoms with Crippen LogP contribution < -0.4 is 0 Å². The molecule has 5 heteroatoms. The number of carboxylic acid groups (broad SMARTS) is 2. The van der Waals surface area contributed by atoms with Gasteiger partial charge in [0.15, 0.2) is 0 Å². The largest absolute Gasteiger partial charge is 0.481 e. The lowest BCUT2D eigenvalue weighted by Gasteiger charge is -1.97. The Morgan fingerprint density at radius 3 is 1.45 bits per heavy atom. The van der Waals surface area contributed by atoms with E-state index < -0.39 is 11.9 Å². The van der Waals surface area contributed by atoms with E-state index >= 15 is 0 Å². The maximum Gasteiger partial charge on any atom is 0.303 e. The second kappa shape index (κ2) is 17.8. The molecule has 0 bridgehead atoms. The van der Waals surface area contributed by atoms with E-state index in [1.54, 1.807) is 0 Å². The predicted octanol–water partition coefficient (Wildman–Crippen LogP) is 3.98. The van der Waals surface area contributed by atoms with Gasteiger partial charge in [-0.1, -0.05) is 31.4 Å². The number of hydrogen-bond donors (Lipinski definition) is 2. The molecule has 0 aromatic heterocycles. The normalized spacial score (nSPS) is 9.20. The Balaban J connectivity index is 0. The molecule has 116 valence electrons. The van der Waals surface area contributed by atoms with Crippen LogP contribution in [0, 0.1) is 0 Å². The van der Waals surface area contributed by atoms with Crippen LogP contribution in [0.5, 0.6) is 0 Å². The number of hydrogen-bond acceptors (Lipinski definition) is 3. The zero-order chi connectivity index (χ0) is 15.6. The number of rotatable bonds is 12. The third kappa shape index (κ3) is 25.6. The van der Waals surface area contributed by atoms with Crippen LogP contribution in [0.4, 0.5) is 0 Å². The molecule has 0 aliphatic carbocycles. The molecule has 0 radical (unpaired) electrons. The molecule has 0 saturated heterocycles. The first kappa shape index (κ1) is 21.1. The second-order valence-electron chi connectivity index (χ2n) is 4.17. The zero-order valence-electron chi connectivity index (χ0n) is 12.1. The van der Waals surface area contributed by atoms with E-state index in [-0.39, 0.29) is 12.8 Å². The van der Waals surface area contributed by atoms with Gasteiger partial charge in [0, 0.05) is 24.3 Å². The molecule has 0 heterocycles. The van der Waals surface area contributed by atoms with E-state index in [0.717, 1.165) is 30.8 Å². The summed E-state index contributed by atoms with van der Waals surface area (Å²) < 4.78 is 0. The molecule has 0 aliphatic rings. The summed E-state index contributed by atoms with van der Waals surface area (Å²) in [6.45, 7) is 7.15. The summed E-state index contributed by atoms with van der Waals surface area (Å²) in [5, 5.41) is 16.6. The summed E-state index contributed by atoms with van der Waals surface area (Å²) in [7, 11) is 0. The number of unbranched alkanes of at least 4 members (excludes halogenated alkanes) is 4. The number of carbonyl (C=O) groups is 2. The van der Waals surface area contributed by atoms with Crippen LogP contribution in [0.25, 0.3) is 0 Å². The Morgan fingerprint density at radius 2 is 1.15 bits per heavy atom. The van der Waals surface area contributed by atoms with Crippen molar-refractivity contribution >= 4 is 23.7 Å². The third-order valence-electron chi connectivity index (χ3n) is 2.25. The van der Waals surface area contributed by atoms with Crippen molar-refractivity contribution in [1.29, 1.82) is 0 Å². The Bertz CT molecular complexity index is 251. The van der Waals surface area contributed by atoms with E-state index in [2.05, 4.69) is 13.2 Å². The van der Waals surface area contributed by atoms with Crippen LogP contribution >= 0.6 is 11.8 Å². The maximum absolute atomic E-state index is 10.1. The molecule has 0 fully saturated rings. The van der Waals surface area contributed by atoms with Gasteiger partial charge in [-0.3, -0.25) is 9.59 Å². The minimum Gasteiger partial charge on any atom is -0.481 e. The minimum atomic E-state index is -0.759. The molecule has 0 atom stereocenters. The van der Waals surface area contributed by atoms with Crippen LogP contribution in [0.2, 0.25) is 0 Å². The lowest BCUT2D eigenvalue weighted by Crippen LogP contribution is -1.95. The van der Waals surface area contributed by atoms with Gasteiger partial charge in [0.2, 0.25) is 0 Å². The van der Waals surface area contributed by atoms with Crippen molar-refractivity contribution in [3.05, 3.63) is 25.3 Å². The van der Waals surface area contributed by atoms with Crippen molar-refractivity contribution in [1.82, 2.24) is 0 Å². The molecule has 0 amide bonds. The van der Waals surface area contributed by atoms with Crippen LogP contribution in [0.15, 0.2) is 25.3 Å². The molecule has 0 rings (SSSR count). The van der Waals surface area contributed by atoms with Crippen molar-refractivity contribution in [2.45, 2.75) is 44.9 Å². The highest BCUT2D eigenvalue weighted by Crippen LogP contribution is 2.06. The molecule has 0 unspecified atom stereocenters. The molecule has 20 heavy (non-hydrogen) atoms. The fourth-order valence-electron chi connectivity index (χ4n) is 1.32. The Hall–Kier alpha value is -1.23. The minimum absolute atomic E-state index is 0.221. The topological polar surface area (TPSA) is 74.6 Å². The summed E-state index contributed by atoms with van der Waals surface area (Å²) in [5.41, 5.74) is 0. The monoisotopic (exact) mass is 302 g/mol. The van der Waals surface area contributed by atoms with Gasteiger partial charge in [0.25, 0.3) is 0 Å². The highest BCUT2D eigenvalue weighted by atomic mass is 32.2. The van der Waals surface area contributed by atoms with Gasteiger partial charge in [-0.2, -0.15) is 11.8 Å². The Labute approximate surface area is 126 Å². The summed E-state index contributed by atoms with van der Waals surface area (Å²) in [6, 6.07) is 0. The van der Waals surface area contributed by atoms with Crippen molar-refractivity contribution in [2.24, 2.45) is 0 Å². The van der Waals surface area contributed by atoms with Crippen LogP contribution in [-0.2, 0) is 9.59 Å². The summed E-state index contributed by atoms with van der Waals surface area (Å²) >= 11 is 1.82. The quantitative estimate of drug-likeness (QED) is 0.421. The van der Waals surface area contributed by atoms with Gasteiger partial charge < -0.3 is 10.2 Å². The van der Waals surface area contributed by atoms with E-state index in [4.69, 9.17) is 10.2 Å². The first-order chi connectivity index (χ1) is 9.54. The number of aliphatic carboxylic acids is 2. The summed E-state index contributed by atoms with van der Waals surface area (Å²) in [5.74, 6) is 0.550. The van der Waals surface area contributed by atoms with Gasteiger partial charge in [-0.05, 0) is 12.8 Å². The van der Waals surface area contributed by atoms with E-state index in [0.29, 0.717) is 12.8 Å². The highest BCUT2D eigenvalue weighted by molar-refractivity contribution is 7.99. The predicted molar refractivity (Wildman–Crippen MR) is 85.3 cm³/mol. The van der Waals surface area contributed by atoms with Gasteiger partial charge in [0.05, 0.1) is 0 Å². The molecule has 4 nitrogen and oxygen atoms in total. The van der Waals surface area contributed by atoms with E-state index in [1.165, 1.54) is 0 Å². The van der Waals surface area contributed by atoms with Gasteiger partial charge in [-0.15, -0.1) is 13.2 Å². The number of carboxylic acids is 2. The van der Waals surface area contributed by atoms with Crippen molar-refractivity contribution in [3.63, 3.8) is 0 Å². The highest BCUT2D eigenvalue weighted by Gasteiger charge is 1.98. The van der Waals surface area contributed by atoms with Crippen molar-refractivity contribution < 1.29 is 19.8 Å². The molecule has 2 N–H and O–H groups in total. The molecule has 0 aliphatic heterocycles. The van der Waals surface area contributed by atoms with Crippen LogP contribution in [0.3, 0.4) is 0 Å². The third-order valence-corrected chi connectivity index (χ3v) is 3.20. The average Bonchev–Trinajstić information content (AvgIpc) is 2.38. The smallest absolute Gasteiger partial charge is 0.303 e. The maximum atomic E-state index is 10.1. The van der Waals surface area contributed by atoms with Gasteiger partial charge in [0.1, 0.15) is 0 Å². The summed E-state index contributed by atoms with van der Waals surface area (Å²) in [6.07, 6.45) is 8.32. The first-order valence-electron chi connectivity index (χ1n) is 6.77. The molecule has 0 aromatic rings. The zero-order valence-corrected chi connectivity index (χ0v) is 12.9. The molecule has 0 spiro atoms. The second-order valence-corrected chi connectivity index (χ2v) is 5.24. The fourth-order valence-corrected chi connectivity index (χ4v) is 1.79. The molecule has 0 aromatic carbocycles. The Kier molecular flexibility index (Phi) is 18.7. The lowest BCUT2D eigenvalue weighted by molar-refractivity contribution is -0.138. The lowest BCUT2D eigenvalue weighted by atomic mass is 10.1. The van der Waals surface area contributed by atoms with Crippen LogP contribution in [0.1, 0.15) is 44.9 Å². The van der Waals surface area contributed by atoms with E-state index in [9.17, 15) is 9.59 Å². The Morgan fingerprint density at radius 1 is 0.800 bits per heavy atom. The standard InChI is InChI=1S/C9H16O4.C6H10S/c10-8(11)6-4-2-1-3-5-7-9(12)13;1-3-5-7-6-4-2/h1-7H2,(H,10,11)(H,12,13);3-4H,1-2,5-6H2. The van der Waals surface area contributed by atoms with E-state index in [1.807, 2.05) is 23.9 Å². The van der Waals surface area contributed by atoms with Crippen LogP contribution in [-0.4, -0.2) is 33.7 Å². The SMILES string of the molecule is C=CCSCC=C.O=C(O)CCCCCCCC(=O)O. The van der Waals surface area contributed by atoms with Gasteiger partial charge >= 0.3 is 11.9 Å². The average molecular weight is 302 g/mol. The van der Waals surface area contributed by atoms with Crippen molar-refractivity contribution in [3.8, 4) is 0 Å².